The van der Waals surface area contributed by atoms with Gasteiger partial charge in [-0.2, -0.15) is 0 Å². The summed E-state index contributed by atoms with van der Waals surface area (Å²) >= 11 is 0. The summed E-state index contributed by atoms with van der Waals surface area (Å²) < 4.78 is 18.0. The number of carbonyl (C=O) groups excluding carboxylic acids is 1. The molecule has 0 aliphatic carbocycles. The quantitative estimate of drug-likeness (QED) is 0.551. The predicted octanol–water partition coefficient (Wildman–Crippen LogP) is 3.63. The van der Waals surface area contributed by atoms with Gasteiger partial charge in [-0.25, -0.2) is 0 Å². The van der Waals surface area contributed by atoms with Crippen molar-refractivity contribution < 1.29 is 18.7 Å². The smallest absolute Gasteiger partial charge is 0.304 e. The van der Waals surface area contributed by atoms with Gasteiger partial charge in [-0.3, -0.25) is 4.79 Å². The van der Waals surface area contributed by atoms with Gasteiger partial charge >= 0.3 is 5.97 Å². The SMILES string of the molecule is CC(=O)O[C@H]1CC[C@@H](CO[Si](c2ccccc2)(c2ccccc2)C(C)(C)C)O1. The second-order valence-electron chi connectivity index (χ2n) is 8.35. The molecular formula is C23H30O4Si. The fraction of sp³-hybridized carbons (Fsp3) is 0.435. The first-order chi connectivity index (χ1) is 13.3. The first kappa shape index (κ1) is 20.8. The van der Waals surface area contributed by atoms with Crippen LogP contribution in [0.2, 0.25) is 5.04 Å². The number of hydrogen-bond donors (Lipinski definition) is 0. The number of esters is 1. The van der Waals surface area contributed by atoms with Gasteiger partial charge in [0, 0.05) is 13.3 Å². The van der Waals surface area contributed by atoms with Crippen LogP contribution in [-0.2, 0) is 18.7 Å². The van der Waals surface area contributed by atoms with E-state index in [1.54, 1.807) is 0 Å². The zero-order valence-electron chi connectivity index (χ0n) is 17.2. The van der Waals surface area contributed by atoms with Gasteiger partial charge < -0.3 is 13.9 Å². The molecule has 0 aromatic heterocycles. The molecule has 2 aromatic carbocycles. The maximum atomic E-state index is 11.2. The molecule has 0 N–H and O–H groups in total. The van der Waals surface area contributed by atoms with E-state index in [0.29, 0.717) is 13.0 Å². The number of ether oxygens (including phenoxy) is 2. The van der Waals surface area contributed by atoms with Crippen LogP contribution in [0.5, 0.6) is 0 Å². The standard InChI is InChI=1S/C23H30O4Si/c1-18(24)26-22-16-15-19(27-22)17-25-28(23(2,3)4,20-11-7-5-8-12-20)21-13-9-6-10-14-21/h5-14,19,22H,15-17H2,1-4H3/t19-,22+/m0/s1. The van der Waals surface area contributed by atoms with Gasteiger partial charge in [0.25, 0.3) is 8.32 Å². The van der Waals surface area contributed by atoms with E-state index in [2.05, 4.69) is 69.3 Å². The molecule has 0 unspecified atom stereocenters. The highest BCUT2D eigenvalue weighted by atomic mass is 28.4. The summed E-state index contributed by atoms with van der Waals surface area (Å²) in [6, 6.07) is 21.1. The molecule has 3 rings (SSSR count). The molecule has 0 saturated carbocycles. The third-order valence-corrected chi connectivity index (χ3v) is 10.3. The van der Waals surface area contributed by atoms with Gasteiger partial charge in [-0.1, -0.05) is 81.4 Å². The first-order valence-electron chi connectivity index (χ1n) is 9.90. The topological polar surface area (TPSA) is 44.8 Å². The van der Waals surface area contributed by atoms with Crippen LogP contribution < -0.4 is 10.4 Å². The first-order valence-corrected chi connectivity index (χ1v) is 11.8. The monoisotopic (exact) mass is 398 g/mol. The van der Waals surface area contributed by atoms with E-state index < -0.39 is 14.6 Å². The molecule has 2 atom stereocenters. The molecule has 1 aliphatic heterocycles. The minimum absolute atomic E-state index is 0.0639. The molecule has 1 saturated heterocycles. The van der Waals surface area contributed by atoms with Crippen LogP contribution in [-0.4, -0.2) is 33.3 Å². The predicted molar refractivity (Wildman–Crippen MR) is 113 cm³/mol. The minimum Gasteiger partial charge on any atom is -0.436 e. The fourth-order valence-corrected chi connectivity index (χ4v) is 8.64. The molecule has 0 spiro atoms. The molecule has 2 aromatic rings. The van der Waals surface area contributed by atoms with E-state index >= 15 is 0 Å². The Balaban J connectivity index is 1.90. The third-order valence-electron chi connectivity index (χ3n) is 5.27. The highest BCUT2D eigenvalue weighted by Gasteiger charge is 2.50. The number of benzene rings is 2. The lowest BCUT2D eigenvalue weighted by atomic mass is 10.2. The van der Waals surface area contributed by atoms with Crippen molar-refractivity contribution in [3.8, 4) is 0 Å². The van der Waals surface area contributed by atoms with Crippen molar-refractivity contribution in [2.75, 3.05) is 6.61 Å². The van der Waals surface area contributed by atoms with Gasteiger partial charge in [0.05, 0.1) is 12.7 Å². The van der Waals surface area contributed by atoms with Crippen LogP contribution >= 0.6 is 0 Å². The number of rotatable bonds is 6. The normalized spacial score (nSPS) is 20.1. The van der Waals surface area contributed by atoms with Crippen molar-refractivity contribution >= 4 is 24.7 Å². The molecule has 0 radical (unpaired) electrons. The fourth-order valence-electron chi connectivity index (χ4n) is 4.05. The maximum Gasteiger partial charge on any atom is 0.304 e. The lowest BCUT2D eigenvalue weighted by Gasteiger charge is -2.43. The van der Waals surface area contributed by atoms with Crippen molar-refractivity contribution in [3.63, 3.8) is 0 Å². The molecule has 28 heavy (non-hydrogen) atoms. The minimum atomic E-state index is -2.56. The summed E-state index contributed by atoms with van der Waals surface area (Å²) in [4.78, 5) is 11.2. The van der Waals surface area contributed by atoms with E-state index in [-0.39, 0.29) is 17.1 Å². The Morgan fingerprint density at radius 1 is 1.00 bits per heavy atom. The van der Waals surface area contributed by atoms with Crippen molar-refractivity contribution in [1.29, 1.82) is 0 Å². The van der Waals surface area contributed by atoms with Crippen LogP contribution in [0, 0.1) is 0 Å². The van der Waals surface area contributed by atoms with E-state index in [1.165, 1.54) is 17.3 Å². The summed E-state index contributed by atoms with van der Waals surface area (Å²) in [6.45, 7) is 8.68. The van der Waals surface area contributed by atoms with Crippen molar-refractivity contribution in [2.45, 2.75) is 58.0 Å². The van der Waals surface area contributed by atoms with E-state index in [4.69, 9.17) is 13.9 Å². The van der Waals surface area contributed by atoms with Crippen molar-refractivity contribution in [1.82, 2.24) is 0 Å². The zero-order valence-corrected chi connectivity index (χ0v) is 18.2. The second-order valence-corrected chi connectivity index (χ2v) is 12.7. The third kappa shape index (κ3) is 4.37. The van der Waals surface area contributed by atoms with Crippen LogP contribution in [0.4, 0.5) is 0 Å². The van der Waals surface area contributed by atoms with Crippen LogP contribution in [0.25, 0.3) is 0 Å². The lowest BCUT2D eigenvalue weighted by molar-refractivity contribution is -0.174. The maximum absolute atomic E-state index is 11.2. The van der Waals surface area contributed by atoms with Gasteiger partial charge in [0.1, 0.15) is 0 Å². The van der Waals surface area contributed by atoms with E-state index in [9.17, 15) is 4.79 Å². The average Bonchev–Trinajstić information content (AvgIpc) is 3.09. The van der Waals surface area contributed by atoms with Gasteiger partial charge in [0.15, 0.2) is 0 Å². The molecule has 0 amide bonds. The summed E-state index contributed by atoms with van der Waals surface area (Å²) in [5, 5.41) is 2.44. The van der Waals surface area contributed by atoms with Gasteiger partial charge in [-0.15, -0.1) is 0 Å². The van der Waals surface area contributed by atoms with Crippen LogP contribution in [0.1, 0.15) is 40.5 Å². The van der Waals surface area contributed by atoms with Crippen LogP contribution in [0.15, 0.2) is 60.7 Å². The zero-order chi connectivity index (χ0) is 20.2. The Hall–Kier alpha value is -1.95. The van der Waals surface area contributed by atoms with Crippen molar-refractivity contribution in [3.05, 3.63) is 60.7 Å². The largest absolute Gasteiger partial charge is 0.436 e. The number of hydrogen-bond acceptors (Lipinski definition) is 4. The summed E-state index contributed by atoms with van der Waals surface area (Å²) in [7, 11) is -2.56. The summed E-state index contributed by atoms with van der Waals surface area (Å²) in [6.07, 6.45) is 1.03. The lowest BCUT2D eigenvalue weighted by Crippen LogP contribution is -2.67. The molecule has 1 fully saturated rings. The Kier molecular flexibility index (Phi) is 6.38. The molecule has 5 heteroatoms. The Morgan fingerprint density at radius 2 is 1.54 bits per heavy atom. The van der Waals surface area contributed by atoms with Gasteiger partial charge in [0.2, 0.25) is 6.29 Å². The molecule has 1 aliphatic rings. The molecule has 150 valence electrons. The summed E-state index contributed by atoms with van der Waals surface area (Å²) in [5.74, 6) is -0.307. The van der Waals surface area contributed by atoms with E-state index in [1.807, 2.05) is 12.1 Å². The highest BCUT2D eigenvalue weighted by molar-refractivity contribution is 6.99. The molecule has 1 heterocycles. The Labute approximate surface area is 169 Å². The number of carbonyl (C=O) groups is 1. The highest BCUT2D eigenvalue weighted by Crippen LogP contribution is 2.37. The summed E-state index contributed by atoms with van der Waals surface area (Å²) in [5.41, 5.74) is 0. The molecule has 0 bridgehead atoms. The molecular weight excluding hydrogens is 368 g/mol. The van der Waals surface area contributed by atoms with Crippen molar-refractivity contribution in [2.24, 2.45) is 0 Å². The second kappa shape index (κ2) is 8.60. The van der Waals surface area contributed by atoms with Gasteiger partial charge in [-0.05, 0) is 21.8 Å². The Bertz CT molecular complexity index is 731. The molecule has 4 nitrogen and oxygen atoms in total. The average molecular weight is 399 g/mol. The Morgan fingerprint density at radius 3 is 2.00 bits per heavy atom. The van der Waals surface area contributed by atoms with E-state index in [0.717, 1.165) is 6.42 Å². The van der Waals surface area contributed by atoms with Crippen LogP contribution in [0.3, 0.4) is 0 Å².